The van der Waals surface area contributed by atoms with E-state index in [1.807, 2.05) is 49.5 Å². The standard InChI is InChI=1S/C14H22N2O2S/c1-16(2)12-6-4-11(5-7-12)10-15-13(14(17)18)8-9-19-3/h4-7,13,15H,8-10H2,1-3H3,(H,17,18)/t13-/m0/s1. The Morgan fingerprint density at radius 3 is 2.47 bits per heavy atom. The number of carboxylic acids is 1. The number of anilines is 1. The van der Waals surface area contributed by atoms with Crippen LogP contribution in [0.25, 0.3) is 0 Å². The topological polar surface area (TPSA) is 52.6 Å². The number of hydrogen-bond donors (Lipinski definition) is 2. The lowest BCUT2D eigenvalue weighted by Crippen LogP contribution is -2.36. The Kier molecular flexibility index (Phi) is 6.73. The Morgan fingerprint density at radius 2 is 2.00 bits per heavy atom. The predicted octanol–water partition coefficient (Wildman–Crippen LogP) is 2.05. The molecule has 1 atom stereocenters. The van der Waals surface area contributed by atoms with Crippen LogP contribution in [0.3, 0.4) is 0 Å². The van der Waals surface area contributed by atoms with E-state index in [1.165, 1.54) is 0 Å². The quantitative estimate of drug-likeness (QED) is 0.764. The highest BCUT2D eigenvalue weighted by Gasteiger charge is 2.15. The van der Waals surface area contributed by atoms with Gasteiger partial charge in [-0.15, -0.1) is 0 Å². The van der Waals surface area contributed by atoms with Gasteiger partial charge in [-0.05, 0) is 36.1 Å². The number of rotatable bonds is 8. The van der Waals surface area contributed by atoms with Gasteiger partial charge in [0.25, 0.3) is 0 Å². The van der Waals surface area contributed by atoms with E-state index in [2.05, 4.69) is 5.32 Å². The van der Waals surface area contributed by atoms with E-state index in [9.17, 15) is 4.79 Å². The van der Waals surface area contributed by atoms with Gasteiger partial charge in [-0.3, -0.25) is 4.79 Å². The van der Waals surface area contributed by atoms with E-state index in [0.29, 0.717) is 13.0 Å². The summed E-state index contributed by atoms with van der Waals surface area (Å²) in [7, 11) is 3.99. The van der Waals surface area contributed by atoms with Gasteiger partial charge in [0, 0.05) is 26.3 Å². The predicted molar refractivity (Wildman–Crippen MR) is 82.0 cm³/mol. The van der Waals surface area contributed by atoms with Crippen LogP contribution in [-0.2, 0) is 11.3 Å². The maximum atomic E-state index is 11.1. The van der Waals surface area contributed by atoms with Crippen LogP contribution in [-0.4, -0.2) is 43.2 Å². The molecule has 2 N–H and O–H groups in total. The van der Waals surface area contributed by atoms with E-state index in [-0.39, 0.29) is 0 Å². The first-order valence-corrected chi connectivity index (χ1v) is 7.65. The molecule has 4 nitrogen and oxygen atoms in total. The molecule has 0 aliphatic rings. The van der Waals surface area contributed by atoms with Crippen molar-refractivity contribution >= 4 is 23.4 Å². The minimum absolute atomic E-state index is 0.471. The van der Waals surface area contributed by atoms with Gasteiger partial charge in [-0.25, -0.2) is 0 Å². The number of hydrogen-bond acceptors (Lipinski definition) is 4. The van der Waals surface area contributed by atoms with Crippen LogP contribution in [0, 0.1) is 0 Å². The lowest BCUT2D eigenvalue weighted by Gasteiger charge is -2.15. The fourth-order valence-electron chi connectivity index (χ4n) is 1.70. The second kappa shape index (κ2) is 8.07. The maximum absolute atomic E-state index is 11.1. The molecule has 0 heterocycles. The van der Waals surface area contributed by atoms with Crippen LogP contribution >= 0.6 is 11.8 Å². The second-order valence-corrected chi connectivity index (χ2v) is 5.60. The van der Waals surface area contributed by atoms with Crippen molar-refractivity contribution in [2.75, 3.05) is 31.0 Å². The maximum Gasteiger partial charge on any atom is 0.320 e. The van der Waals surface area contributed by atoms with Gasteiger partial charge in [0.1, 0.15) is 6.04 Å². The van der Waals surface area contributed by atoms with E-state index in [1.54, 1.807) is 11.8 Å². The Bertz CT molecular complexity index is 393. The van der Waals surface area contributed by atoms with Gasteiger partial charge < -0.3 is 15.3 Å². The normalized spacial score (nSPS) is 12.2. The molecular weight excluding hydrogens is 260 g/mol. The van der Waals surface area contributed by atoms with E-state index in [0.717, 1.165) is 17.0 Å². The summed E-state index contributed by atoms with van der Waals surface area (Å²) in [5.41, 5.74) is 2.24. The molecule has 0 spiro atoms. The summed E-state index contributed by atoms with van der Waals surface area (Å²) in [5.74, 6) is 0.0720. The van der Waals surface area contributed by atoms with Gasteiger partial charge in [0.2, 0.25) is 0 Å². The zero-order chi connectivity index (χ0) is 14.3. The van der Waals surface area contributed by atoms with Crippen LogP contribution in [0.2, 0.25) is 0 Å². The summed E-state index contributed by atoms with van der Waals surface area (Å²) < 4.78 is 0. The van der Waals surface area contributed by atoms with Crippen molar-refractivity contribution in [3.05, 3.63) is 29.8 Å². The Labute approximate surface area is 119 Å². The third-order valence-corrected chi connectivity index (χ3v) is 3.56. The summed E-state index contributed by atoms with van der Waals surface area (Å²) in [6.45, 7) is 0.582. The highest BCUT2D eigenvalue weighted by atomic mass is 32.2. The van der Waals surface area contributed by atoms with Gasteiger partial charge in [0.05, 0.1) is 0 Å². The molecule has 0 aromatic heterocycles. The number of aliphatic carboxylic acids is 1. The molecule has 0 saturated carbocycles. The Balaban J connectivity index is 2.51. The average Bonchev–Trinajstić information content (AvgIpc) is 2.39. The molecule has 0 amide bonds. The fraction of sp³-hybridized carbons (Fsp3) is 0.500. The summed E-state index contributed by atoms with van der Waals surface area (Å²) in [6.07, 6.45) is 2.63. The fourth-order valence-corrected chi connectivity index (χ4v) is 2.17. The molecule has 0 radical (unpaired) electrons. The summed E-state index contributed by atoms with van der Waals surface area (Å²) in [4.78, 5) is 13.1. The smallest absolute Gasteiger partial charge is 0.320 e. The Morgan fingerprint density at radius 1 is 1.37 bits per heavy atom. The summed E-state index contributed by atoms with van der Waals surface area (Å²) in [5, 5.41) is 12.2. The molecule has 0 bridgehead atoms. The zero-order valence-corrected chi connectivity index (χ0v) is 12.5. The SMILES string of the molecule is CSCC[C@H](NCc1ccc(N(C)C)cc1)C(=O)O. The minimum atomic E-state index is -0.779. The van der Waals surface area contributed by atoms with Crippen molar-refractivity contribution < 1.29 is 9.90 Å². The molecule has 5 heteroatoms. The van der Waals surface area contributed by atoms with Gasteiger partial charge in [-0.1, -0.05) is 12.1 Å². The van der Waals surface area contributed by atoms with E-state index in [4.69, 9.17) is 5.11 Å². The van der Waals surface area contributed by atoms with Crippen LogP contribution < -0.4 is 10.2 Å². The van der Waals surface area contributed by atoms with Crippen molar-refractivity contribution in [3.63, 3.8) is 0 Å². The third-order valence-electron chi connectivity index (χ3n) is 2.91. The first-order chi connectivity index (χ1) is 9.04. The lowest BCUT2D eigenvalue weighted by atomic mass is 10.1. The second-order valence-electron chi connectivity index (χ2n) is 4.61. The van der Waals surface area contributed by atoms with Crippen molar-refractivity contribution in [2.45, 2.75) is 19.0 Å². The number of carboxylic acid groups (broad SMARTS) is 1. The molecule has 0 fully saturated rings. The molecule has 0 aliphatic carbocycles. The van der Waals surface area contributed by atoms with Crippen molar-refractivity contribution in [3.8, 4) is 0 Å². The molecule has 0 saturated heterocycles. The summed E-state index contributed by atoms with van der Waals surface area (Å²) in [6, 6.07) is 7.65. The van der Waals surface area contributed by atoms with Crippen molar-refractivity contribution in [2.24, 2.45) is 0 Å². The van der Waals surface area contributed by atoms with Gasteiger partial charge in [-0.2, -0.15) is 11.8 Å². The lowest BCUT2D eigenvalue weighted by molar-refractivity contribution is -0.139. The van der Waals surface area contributed by atoms with Gasteiger partial charge >= 0.3 is 5.97 Å². The molecule has 1 aromatic rings. The monoisotopic (exact) mass is 282 g/mol. The highest BCUT2D eigenvalue weighted by molar-refractivity contribution is 7.98. The minimum Gasteiger partial charge on any atom is -0.480 e. The number of carbonyl (C=O) groups is 1. The Hall–Kier alpha value is -1.20. The highest BCUT2D eigenvalue weighted by Crippen LogP contribution is 2.12. The molecule has 1 aromatic carbocycles. The molecule has 1 rings (SSSR count). The molecule has 0 aliphatic heterocycles. The molecular formula is C14H22N2O2S. The van der Waals surface area contributed by atoms with E-state index >= 15 is 0 Å². The van der Waals surface area contributed by atoms with Crippen LogP contribution in [0.4, 0.5) is 5.69 Å². The van der Waals surface area contributed by atoms with E-state index < -0.39 is 12.0 Å². The first-order valence-electron chi connectivity index (χ1n) is 6.26. The number of nitrogens with zero attached hydrogens (tertiary/aromatic N) is 1. The first kappa shape index (κ1) is 15.9. The van der Waals surface area contributed by atoms with Crippen LogP contribution in [0.5, 0.6) is 0 Å². The van der Waals surface area contributed by atoms with Crippen molar-refractivity contribution in [1.29, 1.82) is 0 Å². The molecule has 19 heavy (non-hydrogen) atoms. The van der Waals surface area contributed by atoms with Gasteiger partial charge in [0.15, 0.2) is 0 Å². The average molecular weight is 282 g/mol. The van der Waals surface area contributed by atoms with Crippen LogP contribution in [0.1, 0.15) is 12.0 Å². The zero-order valence-electron chi connectivity index (χ0n) is 11.7. The number of benzene rings is 1. The molecule has 106 valence electrons. The number of nitrogens with one attached hydrogen (secondary N) is 1. The molecule has 0 unspecified atom stereocenters. The number of thioether (sulfide) groups is 1. The van der Waals surface area contributed by atoms with Crippen molar-refractivity contribution in [1.82, 2.24) is 5.32 Å². The van der Waals surface area contributed by atoms with Crippen LogP contribution in [0.15, 0.2) is 24.3 Å². The third kappa shape index (κ3) is 5.53. The summed E-state index contributed by atoms with van der Waals surface area (Å²) >= 11 is 1.67. The largest absolute Gasteiger partial charge is 0.480 e.